The first-order chi connectivity index (χ1) is 18.2. The fourth-order valence-electron chi connectivity index (χ4n) is 4.17. The van der Waals surface area contributed by atoms with Crippen LogP contribution in [-0.2, 0) is 13.1 Å². The molecule has 3 aromatic rings. The first kappa shape index (κ1) is 31.1. The van der Waals surface area contributed by atoms with Crippen molar-refractivity contribution in [2.75, 3.05) is 26.7 Å². The average molecular weight is 524 g/mol. The second-order valence-corrected chi connectivity index (χ2v) is 10.0. The van der Waals surface area contributed by atoms with Crippen LogP contribution in [0.15, 0.2) is 60.7 Å². The molecule has 1 amide bonds. The molecule has 0 bridgehead atoms. The summed E-state index contributed by atoms with van der Waals surface area (Å²) >= 11 is 0. The standard InChI is InChI=1S/C25H37N3O.C7H6F2/c1-5-6-13-28(4)19-23-15-21(3)16-24(17-23)25(29)27-12-8-11-26-18-22-10-7-9-20(2)14-22;1-5-2-6(8)4-7(9)3-5/h7,9-10,14-17,26H,5-6,8,11-13,18-19H2,1-4H3,(H,27,29);2-4H,1H3. The maximum absolute atomic E-state index is 12.6. The lowest BCUT2D eigenvalue weighted by Crippen LogP contribution is -2.27. The molecule has 0 aliphatic carbocycles. The van der Waals surface area contributed by atoms with Crippen molar-refractivity contribution in [1.29, 1.82) is 0 Å². The minimum absolute atomic E-state index is 0.0184. The number of rotatable bonds is 12. The Hall–Kier alpha value is -3.09. The molecular formula is C32H43F2N3O. The summed E-state index contributed by atoms with van der Waals surface area (Å²) in [6.07, 6.45) is 3.31. The van der Waals surface area contributed by atoms with E-state index in [0.717, 1.165) is 49.8 Å². The molecule has 0 saturated heterocycles. The Morgan fingerprint density at radius 2 is 1.50 bits per heavy atom. The maximum Gasteiger partial charge on any atom is 0.251 e. The minimum Gasteiger partial charge on any atom is -0.352 e. The van der Waals surface area contributed by atoms with Gasteiger partial charge >= 0.3 is 0 Å². The van der Waals surface area contributed by atoms with Crippen molar-refractivity contribution in [2.24, 2.45) is 0 Å². The van der Waals surface area contributed by atoms with E-state index >= 15 is 0 Å². The van der Waals surface area contributed by atoms with Crippen LogP contribution in [0.2, 0.25) is 0 Å². The number of nitrogens with one attached hydrogen (secondary N) is 2. The number of aryl methyl sites for hydroxylation is 3. The zero-order valence-electron chi connectivity index (χ0n) is 23.5. The van der Waals surface area contributed by atoms with Crippen LogP contribution in [0.1, 0.15) is 64.4 Å². The number of carbonyl (C=O) groups excluding carboxylic acids is 1. The Kier molecular flexibility index (Phi) is 13.7. The van der Waals surface area contributed by atoms with Crippen LogP contribution in [0.3, 0.4) is 0 Å². The van der Waals surface area contributed by atoms with Gasteiger partial charge in [-0.1, -0.05) is 54.8 Å². The molecule has 0 aliphatic rings. The van der Waals surface area contributed by atoms with Crippen LogP contribution in [-0.4, -0.2) is 37.5 Å². The van der Waals surface area contributed by atoms with E-state index in [9.17, 15) is 13.6 Å². The van der Waals surface area contributed by atoms with Crippen molar-refractivity contribution in [3.05, 3.63) is 106 Å². The maximum atomic E-state index is 12.6. The molecule has 0 radical (unpaired) electrons. The van der Waals surface area contributed by atoms with Crippen molar-refractivity contribution in [3.8, 4) is 0 Å². The van der Waals surface area contributed by atoms with E-state index in [1.54, 1.807) is 6.92 Å². The summed E-state index contributed by atoms with van der Waals surface area (Å²) in [5.41, 5.74) is 6.28. The molecular weight excluding hydrogens is 480 g/mol. The normalized spacial score (nSPS) is 10.7. The number of hydrogen-bond donors (Lipinski definition) is 2. The molecule has 0 heterocycles. The van der Waals surface area contributed by atoms with Gasteiger partial charge in [-0.15, -0.1) is 0 Å². The highest BCUT2D eigenvalue weighted by Crippen LogP contribution is 2.12. The predicted molar refractivity (Wildman–Crippen MR) is 153 cm³/mol. The van der Waals surface area contributed by atoms with Crippen molar-refractivity contribution in [2.45, 2.75) is 60.0 Å². The van der Waals surface area contributed by atoms with E-state index in [2.05, 4.69) is 73.7 Å². The molecule has 0 aliphatic heterocycles. The first-order valence-corrected chi connectivity index (χ1v) is 13.4. The Balaban J connectivity index is 0.000000474. The van der Waals surface area contributed by atoms with E-state index in [4.69, 9.17) is 0 Å². The summed E-state index contributed by atoms with van der Waals surface area (Å²) in [4.78, 5) is 14.9. The van der Waals surface area contributed by atoms with Crippen molar-refractivity contribution < 1.29 is 13.6 Å². The number of amides is 1. The molecule has 0 unspecified atom stereocenters. The summed E-state index contributed by atoms with van der Waals surface area (Å²) in [6, 6.07) is 18.1. The van der Waals surface area contributed by atoms with Gasteiger partial charge in [0.1, 0.15) is 11.6 Å². The van der Waals surface area contributed by atoms with Crippen molar-refractivity contribution in [1.82, 2.24) is 15.5 Å². The number of hydrogen-bond acceptors (Lipinski definition) is 3. The topological polar surface area (TPSA) is 44.4 Å². The fraction of sp³-hybridized carbons (Fsp3) is 0.406. The molecule has 0 saturated carbocycles. The first-order valence-electron chi connectivity index (χ1n) is 13.4. The highest BCUT2D eigenvalue weighted by molar-refractivity contribution is 5.94. The zero-order valence-corrected chi connectivity index (χ0v) is 23.5. The van der Waals surface area contributed by atoms with Crippen molar-refractivity contribution in [3.63, 3.8) is 0 Å². The van der Waals surface area contributed by atoms with Gasteiger partial charge in [-0.25, -0.2) is 8.78 Å². The van der Waals surface area contributed by atoms with Crippen LogP contribution in [0, 0.1) is 32.4 Å². The van der Waals surface area contributed by atoms with Gasteiger partial charge in [-0.05, 0) is 94.7 Å². The van der Waals surface area contributed by atoms with Crippen LogP contribution >= 0.6 is 0 Å². The minimum atomic E-state index is -0.521. The molecule has 206 valence electrons. The molecule has 4 nitrogen and oxygen atoms in total. The summed E-state index contributed by atoms with van der Waals surface area (Å²) in [5.74, 6) is -1.02. The highest BCUT2D eigenvalue weighted by atomic mass is 19.1. The van der Waals surface area contributed by atoms with Gasteiger partial charge in [0.05, 0.1) is 0 Å². The largest absolute Gasteiger partial charge is 0.352 e. The number of carbonyl (C=O) groups is 1. The molecule has 3 rings (SSSR count). The van der Waals surface area contributed by atoms with Crippen LogP contribution in [0.25, 0.3) is 0 Å². The zero-order chi connectivity index (χ0) is 27.9. The summed E-state index contributed by atoms with van der Waals surface area (Å²) < 4.78 is 24.4. The molecule has 0 atom stereocenters. The molecule has 0 spiro atoms. The quantitative estimate of drug-likeness (QED) is 0.259. The number of unbranched alkanes of at least 4 members (excludes halogenated alkanes) is 1. The highest BCUT2D eigenvalue weighted by Gasteiger charge is 2.09. The van der Waals surface area contributed by atoms with Gasteiger partial charge in [-0.2, -0.15) is 0 Å². The lowest BCUT2D eigenvalue weighted by molar-refractivity contribution is 0.0953. The second-order valence-electron chi connectivity index (χ2n) is 10.0. The predicted octanol–water partition coefficient (Wildman–Crippen LogP) is 6.72. The average Bonchev–Trinajstić information content (AvgIpc) is 2.84. The second kappa shape index (κ2) is 16.7. The van der Waals surface area contributed by atoms with Crippen LogP contribution in [0.5, 0.6) is 0 Å². The third-order valence-electron chi connectivity index (χ3n) is 5.98. The summed E-state index contributed by atoms with van der Waals surface area (Å²) in [5, 5.41) is 6.50. The van der Waals surface area contributed by atoms with E-state index in [-0.39, 0.29) is 5.91 Å². The molecule has 3 aromatic carbocycles. The van der Waals surface area contributed by atoms with E-state index in [1.165, 1.54) is 41.7 Å². The molecule has 2 N–H and O–H groups in total. The van der Waals surface area contributed by atoms with E-state index in [0.29, 0.717) is 12.1 Å². The van der Waals surface area contributed by atoms with Gasteiger partial charge < -0.3 is 15.5 Å². The van der Waals surface area contributed by atoms with Crippen LogP contribution in [0.4, 0.5) is 8.78 Å². The smallest absolute Gasteiger partial charge is 0.251 e. The Labute approximate surface area is 227 Å². The van der Waals surface area contributed by atoms with Gasteiger partial charge in [0.25, 0.3) is 5.91 Å². The Morgan fingerprint density at radius 1 is 0.816 bits per heavy atom. The molecule has 0 fully saturated rings. The van der Waals surface area contributed by atoms with Gasteiger partial charge in [0.2, 0.25) is 0 Å². The van der Waals surface area contributed by atoms with Gasteiger partial charge in [0, 0.05) is 31.3 Å². The molecule has 0 aromatic heterocycles. The van der Waals surface area contributed by atoms with E-state index in [1.807, 2.05) is 12.1 Å². The molecule has 6 heteroatoms. The SMILES string of the molecule is CCCCN(C)Cc1cc(C)cc(C(=O)NCCCNCc2cccc(C)c2)c1.Cc1cc(F)cc(F)c1. The summed E-state index contributed by atoms with van der Waals surface area (Å²) in [6.45, 7) is 12.4. The Morgan fingerprint density at radius 3 is 2.16 bits per heavy atom. The number of nitrogens with zero attached hydrogens (tertiary/aromatic N) is 1. The number of benzene rings is 3. The van der Waals surface area contributed by atoms with Crippen molar-refractivity contribution >= 4 is 5.91 Å². The van der Waals surface area contributed by atoms with Gasteiger partial charge in [0.15, 0.2) is 0 Å². The van der Waals surface area contributed by atoms with Crippen LogP contribution < -0.4 is 10.6 Å². The monoisotopic (exact) mass is 523 g/mol. The van der Waals surface area contributed by atoms with Gasteiger partial charge in [-0.3, -0.25) is 4.79 Å². The lowest BCUT2D eigenvalue weighted by Gasteiger charge is -2.17. The fourth-order valence-corrected chi connectivity index (χ4v) is 4.17. The molecule has 38 heavy (non-hydrogen) atoms. The lowest BCUT2D eigenvalue weighted by atomic mass is 10.1. The number of halogens is 2. The van der Waals surface area contributed by atoms with E-state index < -0.39 is 11.6 Å². The summed E-state index contributed by atoms with van der Waals surface area (Å²) in [7, 11) is 2.14. The third-order valence-corrected chi connectivity index (χ3v) is 5.98. The Bertz CT molecular complexity index is 1100. The third kappa shape index (κ3) is 12.4.